The van der Waals surface area contributed by atoms with Crippen molar-refractivity contribution in [3.05, 3.63) is 0 Å². The molecule has 2 unspecified atom stereocenters. The van der Waals surface area contributed by atoms with Crippen molar-refractivity contribution in [2.75, 3.05) is 25.4 Å². The normalized spacial score (nSPS) is 27.3. The van der Waals surface area contributed by atoms with Crippen LogP contribution in [0.3, 0.4) is 0 Å². The van der Waals surface area contributed by atoms with Crippen LogP contribution >= 0.6 is 11.8 Å². The van der Waals surface area contributed by atoms with Gasteiger partial charge in [-0.15, -0.1) is 0 Å². The molecule has 0 aliphatic carbocycles. The zero-order chi connectivity index (χ0) is 14.7. The van der Waals surface area contributed by atoms with E-state index >= 15 is 0 Å². The van der Waals surface area contributed by atoms with Crippen LogP contribution in [0.25, 0.3) is 0 Å². The third kappa shape index (κ3) is 6.36. The standard InChI is InChI=1S/C13H25F3N2S/c1-10-5-6-17-11(12(2,3)4)9-18(10)7-8-19-13(14,15)16/h10-11,17H,5-9H2,1-4H3. The molecular formula is C13H25F3N2S. The number of nitrogens with zero attached hydrogens (tertiary/aromatic N) is 1. The van der Waals surface area contributed by atoms with Crippen LogP contribution in [0, 0.1) is 5.41 Å². The number of alkyl halides is 3. The molecule has 0 spiro atoms. The molecule has 2 nitrogen and oxygen atoms in total. The minimum absolute atomic E-state index is 0.0827. The van der Waals surface area contributed by atoms with E-state index < -0.39 is 5.51 Å². The fourth-order valence-electron chi connectivity index (χ4n) is 2.30. The predicted octanol–water partition coefficient (Wildman–Crippen LogP) is 3.34. The van der Waals surface area contributed by atoms with E-state index in [9.17, 15) is 13.2 Å². The molecule has 0 radical (unpaired) electrons. The molecule has 0 aromatic carbocycles. The van der Waals surface area contributed by atoms with Crippen LogP contribution in [0.5, 0.6) is 0 Å². The molecule has 0 bridgehead atoms. The van der Waals surface area contributed by atoms with Crippen molar-refractivity contribution in [1.82, 2.24) is 10.2 Å². The van der Waals surface area contributed by atoms with Gasteiger partial charge < -0.3 is 5.32 Å². The fraction of sp³-hybridized carbons (Fsp3) is 1.00. The van der Waals surface area contributed by atoms with Crippen molar-refractivity contribution in [2.24, 2.45) is 5.41 Å². The first-order chi connectivity index (χ1) is 8.59. The Morgan fingerprint density at radius 3 is 2.42 bits per heavy atom. The molecule has 1 N–H and O–H groups in total. The third-order valence-corrected chi connectivity index (χ3v) is 4.40. The highest BCUT2D eigenvalue weighted by molar-refractivity contribution is 8.00. The van der Waals surface area contributed by atoms with Crippen LogP contribution in [0.2, 0.25) is 0 Å². The topological polar surface area (TPSA) is 15.3 Å². The largest absolute Gasteiger partial charge is 0.441 e. The summed E-state index contributed by atoms with van der Waals surface area (Å²) < 4.78 is 36.6. The molecule has 1 heterocycles. The van der Waals surface area contributed by atoms with E-state index in [0.29, 0.717) is 18.6 Å². The molecule has 19 heavy (non-hydrogen) atoms. The summed E-state index contributed by atoms with van der Waals surface area (Å²) in [5, 5.41) is 3.52. The maximum atomic E-state index is 12.2. The van der Waals surface area contributed by atoms with Gasteiger partial charge in [0.05, 0.1) is 0 Å². The van der Waals surface area contributed by atoms with Gasteiger partial charge >= 0.3 is 5.51 Å². The maximum absolute atomic E-state index is 12.2. The van der Waals surface area contributed by atoms with E-state index in [4.69, 9.17) is 0 Å². The van der Waals surface area contributed by atoms with Gasteiger partial charge in [0.1, 0.15) is 0 Å². The van der Waals surface area contributed by atoms with Gasteiger partial charge in [-0.3, -0.25) is 4.90 Å². The second-order valence-electron chi connectivity index (χ2n) is 6.30. The summed E-state index contributed by atoms with van der Waals surface area (Å²) in [6, 6.07) is 0.669. The van der Waals surface area contributed by atoms with Gasteiger partial charge in [0.15, 0.2) is 0 Å². The second-order valence-corrected chi connectivity index (χ2v) is 7.46. The monoisotopic (exact) mass is 298 g/mol. The molecule has 0 aromatic rings. The van der Waals surface area contributed by atoms with E-state index in [1.54, 1.807) is 0 Å². The molecule has 1 aliphatic rings. The lowest BCUT2D eigenvalue weighted by Crippen LogP contribution is -2.47. The van der Waals surface area contributed by atoms with E-state index in [1.807, 2.05) is 0 Å². The van der Waals surface area contributed by atoms with Crippen molar-refractivity contribution in [1.29, 1.82) is 0 Å². The predicted molar refractivity (Wildman–Crippen MR) is 75.4 cm³/mol. The lowest BCUT2D eigenvalue weighted by molar-refractivity contribution is -0.0329. The Morgan fingerprint density at radius 1 is 1.26 bits per heavy atom. The van der Waals surface area contributed by atoms with Gasteiger partial charge in [-0.05, 0) is 37.1 Å². The number of rotatable bonds is 3. The maximum Gasteiger partial charge on any atom is 0.441 e. The molecule has 1 aliphatic heterocycles. The van der Waals surface area contributed by atoms with Crippen molar-refractivity contribution in [2.45, 2.75) is 51.7 Å². The van der Waals surface area contributed by atoms with Crippen LogP contribution in [0.4, 0.5) is 13.2 Å². The van der Waals surface area contributed by atoms with Crippen LogP contribution in [-0.4, -0.2) is 47.9 Å². The van der Waals surface area contributed by atoms with Gasteiger partial charge in [0.2, 0.25) is 0 Å². The van der Waals surface area contributed by atoms with Crippen LogP contribution in [0.15, 0.2) is 0 Å². The van der Waals surface area contributed by atoms with Crippen LogP contribution in [-0.2, 0) is 0 Å². The minimum atomic E-state index is -4.11. The molecule has 1 rings (SSSR count). The Kier molecular flexibility index (Phi) is 6.01. The highest BCUT2D eigenvalue weighted by atomic mass is 32.2. The van der Waals surface area contributed by atoms with E-state index in [1.165, 1.54) is 0 Å². The second kappa shape index (κ2) is 6.68. The number of hydrogen-bond donors (Lipinski definition) is 1. The van der Waals surface area contributed by atoms with Crippen LogP contribution < -0.4 is 5.32 Å². The molecule has 1 fully saturated rings. The Bertz CT molecular complexity index is 276. The minimum Gasteiger partial charge on any atom is -0.312 e. The lowest BCUT2D eigenvalue weighted by atomic mass is 9.86. The highest BCUT2D eigenvalue weighted by Crippen LogP contribution is 2.30. The van der Waals surface area contributed by atoms with E-state index in [2.05, 4.69) is 37.9 Å². The average Bonchev–Trinajstić information content (AvgIpc) is 2.39. The molecule has 0 amide bonds. The lowest BCUT2D eigenvalue weighted by Gasteiger charge is -2.35. The molecule has 1 saturated heterocycles. The SMILES string of the molecule is CC1CCNC(C(C)(C)C)CN1CCSC(F)(F)F. The molecule has 2 atom stereocenters. The van der Waals surface area contributed by atoms with Crippen LogP contribution in [0.1, 0.15) is 34.1 Å². The van der Waals surface area contributed by atoms with Gasteiger partial charge in [-0.2, -0.15) is 13.2 Å². The number of nitrogens with one attached hydrogen (secondary N) is 1. The first-order valence-corrected chi connectivity index (χ1v) is 7.76. The van der Waals surface area contributed by atoms with Gasteiger partial charge in [0.25, 0.3) is 0 Å². The average molecular weight is 298 g/mol. The van der Waals surface area contributed by atoms with Gasteiger partial charge in [0, 0.05) is 30.9 Å². The summed E-state index contributed by atoms with van der Waals surface area (Å²) in [4.78, 5) is 2.19. The first kappa shape index (κ1) is 17.1. The Balaban J connectivity index is 2.53. The van der Waals surface area contributed by atoms with Crippen molar-refractivity contribution in [3.8, 4) is 0 Å². The quantitative estimate of drug-likeness (QED) is 0.860. The third-order valence-electron chi connectivity index (χ3n) is 3.68. The van der Waals surface area contributed by atoms with Crippen molar-refractivity contribution < 1.29 is 13.2 Å². The summed E-state index contributed by atoms with van der Waals surface area (Å²) in [7, 11) is 0. The zero-order valence-corrected chi connectivity index (χ0v) is 13.0. The molecule has 0 saturated carbocycles. The van der Waals surface area contributed by atoms with Gasteiger partial charge in [-0.1, -0.05) is 20.8 Å². The van der Waals surface area contributed by atoms with Crippen molar-refractivity contribution in [3.63, 3.8) is 0 Å². The Hall–Kier alpha value is 0.0600. The summed E-state index contributed by atoms with van der Waals surface area (Å²) in [6.07, 6.45) is 0.989. The van der Waals surface area contributed by atoms with E-state index in [0.717, 1.165) is 19.5 Å². The Morgan fingerprint density at radius 2 is 1.89 bits per heavy atom. The first-order valence-electron chi connectivity index (χ1n) is 6.78. The summed E-state index contributed by atoms with van der Waals surface area (Å²) >= 11 is 0.0827. The summed E-state index contributed by atoms with van der Waals surface area (Å²) in [5.74, 6) is 0.116. The van der Waals surface area contributed by atoms with Crippen molar-refractivity contribution >= 4 is 11.8 Å². The fourth-order valence-corrected chi connectivity index (χ4v) is 2.86. The van der Waals surface area contributed by atoms with E-state index in [-0.39, 0.29) is 22.9 Å². The van der Waals surface area contributed by atoms with Gasteiger partial charge in [-0.25, -0.2) is 0 Å². The summed E-state index contributed by atoms with van der Waals surface area (Å²) in [6.45, 7) is 10.9. The zero-order valence-electron chi connectivity index (χ0n) is 12.2. The molecule has 114 valence electrons. The number of hydrogen-bond acceptors (Lipinski definition) is 3. The summed E-state index contributed by atoms with van der Waals surface area (Å²) in [5.41, 5.74) is -3.99. The molecule has 0 aromatic heterocycles. The molecule has 6 heteroatoms. The number of thioether (sulfide) groups is 1. The molecular weight excluding hydrogens is 273 g/mol. The Labute approximate surface area is 118 Å². The smallest absolute Gasteiger partial charge is 0.312 e. The number of halogens is 3. The highest BCUT2D eigenvalue weighted by Gasteiger charge is 2.32.